The van der Waals surface area contributed by atoms with E-state index in [0.717, 1.165) is 25.0 Å². The molecule has 0 unspecified atom stereocenters. The first kappa shape index (κ1) is 14.5. The third-order valence-corrected chi connectivity index (χ3v) is 2.53. The van der Waals surface area contributed by atoms with Gasteiger partial charge in [-0.3, -0.25) is 4.79 Å². The van der Waals surface area contributed by atoms with Crippen LogP contribution in [0.2, 0.25) is 0 Å². The van der Waals surface area contributed by atoms with Gasteiger partial charge in [0, 0.05) is 26.7 Å². The number of methoxy groups -OCH3 is 1. The van der Waals surface area contributed by atoms with Crippen LogP contribution in [0, 0.1) is 0 Å². The first-order chi connectivity index (χ1) is 8.83. The highest BCUT2D eigenvalue weighted by Gasteiger charge is 1.98. The fourth-order valence-electron chi connectivity index (χ4n) is 1.55. The standard InChI is InChI=1S/C15H21NO2/c1-18-13-6-5-11-15(17)16-12-7-10-14-8-3-2-4-9-14/h2-4,7-10H,5-6,11-13H2,1H3,(H,16,17)/b10-7-. The Labute approximate surface area is 109 Å². The van der Waals surface area contributed by atoms with Crippen LogP contribution in [0.5, 0.6) is 0 Å². The summed E-state index contributed by atoms with van der Waals surface area (Å²) in [6.07, 6.45) is 6.35. The molecule has 0 aliphatic carbocycles. The lowest BCUT2D eigenvalue weighted by atomic mass is 10.2. The van der Waals surface area contributed by atoms with Crippen LogP contribution in [0.15, 0.2) is 36.4 Å². The summed E-state index contributed by atoms with van der Waals surface area (Å²) in [6.45, 7) is 1.30. The molecule has 0 spiro atoms. The van der Waals surface area contributed by atoms with Crippen molar-refractivity contribution in [3.05, 3.63) is 42.0 Å². The quantitative estimate of drug-likeness (QED) is 0.717. The Morgan fingerprint density at radius 1 is 1.28 bits per heavy atom. The van der Waals surface area contributed by atoms with Crippen LogP contribution < -0.4 is 5.32 Å². The van der Waals surface area contributed by atoms with E-state index in [2.05, 4.69) is 5.32 Å². The molecule has 0 aromatic heterocycles. The maximum atomic E-state index is 11.4. The third kappa shape index (κ3) is 6.86. The van der Waals surface area contributed by atoms with Gasteiger partial charge in [-0.1, -0.05) is 42.5 Å². The fourth-order valence-corrected chi connectivity index (χ4v) is 1.55. The first-order valence-electron chi connectivity index (χ1n) is 6.30. The number of rotatable bonds is 8. The van der Waals surface area contributed by atoms with Crippen molar-refractivity contribution in [2.75, 3.05) is 20.3 Å². The van der Waals surface area contributed by atoms with Gasteiger partial charge in [-0.2, -0.15) is 0 Å². The molecule has 0 aliphatic rings. The van der Waals surface area contributed by atoms with Crippen LogP contribution in [-0.2, 0) is 9.53 Å². The van der Waals surface area contributed by atoms with Crippen molar-refractivity contribution in [1.82, 2.24) is 5.32 Å². The van der Waals surface area contributed by atoms with Crippen LogP contribution in [0.25, 0.3) is 6.08 Å². The van der Waals surface area contributed by atoms with E-state index in [1.165, 1.54) is 0 Å². The molecule has 98 valence electrons. The van der Waals surface area contributed by atoms with Gasteiger partial charge in [-0.25, -0.2) is 0 Å². The van der Waals surface area contributed by atoms with Crippen molar-refractivity contribution >= 4 is 12.0 Å². The highest BCUT2D eigenvalue weighted by Crippen LogP contribution is 2.00. The molecular formula is C15H21NO2. The van der Waals surface area contributed by atoms with Gasteiger partial charge in [0.25, 0.3) is 0 Å². The highest BCUT2D eigenvalue weighted by molar-refractivity contribution is 5.76. The Bertz CT molecular complexity index is 360. The molecule has 1 rings (SSSR count). The average Bonchev–Trinajstić information content (AvgIpc) is 2.41. The van der Waals surface area contributed by atoms with Crippen LogP contribution in [0.4, 0.5) is 0 Å². The highest BCUT2D eigenvalue weighted by atomic mass is 16.5. The molecule has 0 saturated carbocycles. The zero-order valence-corrected chi connectivity index (χ0v) is 10.9. The number of ether oxygens (including phenoxy) is 1. The number of hydrogen-bond acceptors (Lipinski definition) is 2. The van der Waals surface area contributed by atoms with Gasteiger partial charge >= 0.3 is 0 Å². The second-order valence-electron chi connectivity index (χ2n) is 4.07. The first-order valence-corrected chi connectivity index (χ1v) is 6.30. The average molecular weight is 247 g/mol. The lowest BCUT2D eigenvalue weighted by Gasteiger charge is -2.02. The van der Waals surface area contributed by atoms with E-state index in [0.29, 0.717) is 13.0 Å². The van der Waals surface area contributed by atoms with Crippen molar-refractivity contribution in [3.8, 4) is 0 Å². The monoisotopic (exact) mass is 247 g/mol. The van der Waals surface area contributed by atoms with E-state index >= 15 is 0 Å². The molecule has 18 heavy (non-hydrogen) atoms. The van der Waals surface area contributed by atoms with E-state index in [4.69, 9.17) is 4.74 Å². The predicted molar refractivity (Wildman–Crippen MR) is 74.2 cm³/mol. The van der Waals surface area contributed by atoms with Gasteiger partial charge in [0.2, 0.25) is 5.91 Å². The van der Waals surface area contributed by atoms with Crippen molar-refractivity contribution < 1.29 is 9.53 Å². The zero-order chi connectivity index (χ0) is 13.1. The van der Waals surface area contributed by atoms with Gasteiger partial charge < -0.3 is 10.1 Å². The van der Waals surface area contributed by atoms with Crippen LogP contribution in [0.1, 0.15) is 24.8 Å². The molecule has 0 atom stereocenters. The largest absolute Gasteiger partial charge is 0.385 e. The molecule has 1 amide bonds. The Morgan fingerprint density at radius 3 is 2.78 bits per heavy atom. The number of amides is 1. The van der Waals surface area contributed by atoms with Crippen LogP contribution in [-0.4, -0.2) is 26.2 Å². The summed E-state index contributed by atoms with van der Waals surface area (Å²) in [7, 11) is 1.68. The number of carbonyl (C=O) groups excluding carboxylic acids is 1. The molecule has 0 saturated heterocycles. The molecule has 1 aromatic carbocycles. The summed E-state index contributed by atoms with van der Waals surface area (Å²) in [6, 6.07) is 10.0. The summed E-state index contributed by atoms with van der Waals surface area (Å²) in [4.78, 5) is 11.4. The summed E-state index contributed by atoms with van der Waals surface area (Å²) in [5, 5.41) is 2.86. The Balaban J connectivity index is 2.10. The fraction of sp³-hybridized carbons (Fsp3) is 0.400. The SMILES string of the molecule is COCCCCC(=O)NC/C=C\c1ccccc1. The molecule has 3 heteroatoms. The zero-order valence-electron chi connectivity index (χ0n) is 10.9. The van der Waals surface area contributed by atoms with E-state index in [1.54, 1.807) is 7.11 Å². The smallest absolute Gasteiger partial charge is 0.220 e. The van der Waals surface area contributed by atoms with Crippen molar-refractivity contribution in [2.24, 2.45) is 0 Å². The second kappa shape index (κ2) is 9.42. The van der Waals surface area contributed by atoms with Crippen LogP contribution >= 0.6 is 0 Å². The molecule has 0 radical (unpaired) electrons. The van der Waals surface area contributed by atoms with E-state index in [-0.39, 0.29) is 5.91 Å². The maximum absolute atomic E-state index is 11.4. The molecule has 3 nitrogen and oxygen atoms in total. The number of carbonyl (C=O) groups is 1. The third-order valence-electron chi connectivity index (χ3n) is 2.53. The van der Waals surface area contributed by atoms with Gasteiger partial charge in [0.15, 0.2) is 0 Å². The van der Waals surface area contributed by atoms with Gasteiger partial charge in [-0.15, -0.1) is 0 Å². The normalized spacial score (nSPS) is 10.7. The van der Waals surface area contributed by atoms with E-state index < -0.39 is 0 Å². The minimum Gasteiger partial charge on any atom is -0.385 e. The van der Waals surface area contributed by atoms with Gasteiger partial charge in [0.1, 0.15) is 0 Å². The minimum absolute atomic E-state index is 0.101. The van der Waals surface area contributed by atoms with E-state index in [9.17, 15) is 4.79 Å². The summed E-state index contributed by atoms with van der Waals surface area (Å²) < 4.78 is 4.93. The molecule has 1 aromatic rings. The second-order valence-corrected chi connectivity index (χ2v) is 4.07. The summed E-state index contributed by atoms with van der Waals surface area (Å²) >= 11 is 0. The summed E-state index contributed by atoms with van der Waals surface area (Å²) in [5.74, 6) is 0.101. The maximum Gasteiger partial charge on any atom is 0.220 e. The van der Waals surface area contributed by atoms with Crippen molar-refractivity contribution in [1.29, 1.82) is 0 Å². The summed E-state index contributed by atoms with van der Waals surface area (Å²) in [5.41, 5.74) is 1.15. The molecule has 0 bridgehead atoms. The Kier molecular flexibility index (Phi) is 7.57. The molecule has 0 aliphatic heterocycles. The molecule has 0 fully saturated rings. The number of unbranched alkanes of at least 4 members (excludes halogenated alkanes) is 1. The molecule has 0 heterocycles. The lowest BCUT2D eigenvalue weighted by molar-refractivity contribution is -0.121. The lowest BCUT2D eigenvalue weighted by Crippen LogP contribution is -2.22. The Morgan fingerprint density at radius 2 is 2.06 bits per heavy atom. The van der Waals surface area contributed by atoms with Gasteiger partial charge in [0.05, 0.1) is 0 Å². The number of nitrogens with one attached hydrogen (secondary N) is 1. The van der Waals surface area contributed by atoms with E-state index in [1.807, 2.05) is 42.5 Å². The van der Waals surface area contributed by atoms with Gasteiger partial charge in [-0.05, 0) is 18.4 Å². The Hall–Kier alpha value is -1.61. The minimum atomic E-state index is 0.101. The van der Waals surface area contributed by atoms with Crippen molar-refractivity contribution in [3.63, 3.8) is 0 Å². The number of benzene rings is 1. The topological polar surface area (TPSA) is 38.3 Å². The molecular weight excluding hydrogens is 226 g/mol. The van der Waals surface area contributed by atoms with Crippen molar-refractivity contribution in [2.45, 2.75) is 19.3 Å². The number of hydrogen-bond donors (Lipinski definition) is 1. The predicted octanol–water partition coefficient (Wildman–Crippen LogP) is 2.63. The molecule has 1 N–H and O–H groups in total. The van der Waals surface area contributed by atoms with Crippen LogP contribution in [0.3, 0.4) is 0 Å².